The normalized spacial score (nSPS) is 10.3. The maximum atomic E-state index is 13.6. The van der Waals surface area contributed by atoms with Crippen LogP contribution in [0.3, 0.4) is 0 Å². The molecule has 2 aromatic carbocycles. The monoisotopic (exact) mass is 262 g/mol. The lowest BCUT2D eigenvalue weighted by molar-refractivity contribution is 0.102. The van der Waals surface area contributed by atoms with Gasteiger partial charge in [-0.2, -0.15) is 0 Å². The van der Waals surface area contributed by atoms with E-state index >= 15 is 0 Å². The highest BCUT2D eigenvalue weighted by atomic mass is 19.1. The predicted octanol–water partition coefficient (Wildman–Crippen LogP) is 3.11. The van der Waals surface area contributed by atoms with Crippen molar-refractivity contribution in [2.24, 2.45) is 0 Å². The van der Waals surface area contributed by atoms with Crippen LogP contribution < -0.4 is 11.1 Å². The Labute approximate surface area is 109 Å². The summed E-state index contributed by atoms with van der Waals surface area (Å²) in [6.07, 6.45) is 0. The standard InChI is InChI=1S/C14H12F2N2O/c1-8-2-4-10(12(16)6-8)14(19)18-13-7-9(17)3-5-11(13)15/h2-7H,17H2,1H3,(H,18,19). The van der Waals surface area contributed by atoms with Gasteiger partial charge in [-0.05, 0) is 42.8 Å². The number of halogens is 2. The van der Waals surface area contributed by atoms with Crippen molar-refractivity contribution in [3.63, 3.8) is 0 Å². The zero-order chi connectivity index (χ0) is 14.0. The molecule has 0 aliphatic carbocycles. The van der Waals surface area contributed by atoms with Crippen LogP contribution in [0, 0.1) is 18.6 Å². The van der Waals surface area contributed by atoms with Crippen molar-refractivity contribution in [3.05, 3.63) is 59.2 Å². The lowest BCUT2D eigenvalue weighted by Crippen LogP contribution is -2.15. The highest BCUT2D eigenvalue weighted by molar-refractivity contribution is 6.04. The third kappa shape index (κ3) is 2.88. The number of benzene rings is 2. The molecule has 3 nitrogen and oxygen atoms in total. The van der Waals surface area contributed by atoms with Gasteiger partial charge in [-0.3, -0.25) is 4.79 Å². The summed E-state index contributed by atoms with van der Waals surface area (Å²) < 4.78 is 27.1. The molecule has 0 radical (unpaired) electrons. The smallest absolute Gasteiger partial charge is 0.258 e. The summed E-state index contributed by atoms with van der Waals surface area (Å²) >= 11 is 0. The Balaban J connectivity index is 2.28. The molecule has 2 rings (SSSR count). The Morgan fingerprint density at radius 3 is 2.53 bits per heavy atom. The molecule has 0 spiro atoms. The molecule has 3 N–H and O–H groups in total. The first-order chi connectivity index (χ1) is 8.97. The number of hydrogen-bond acceptors (Lipinski definition) is 2. The zero-order valence-electron chi connectivity index (χ0n) is 10.2. The highest BCUT2D eigenvalue weighted by Crippen LogP contribution is 2.19. The van der Waals surface area contributed by atoms with E-state index in [2.05, 4.69) is 5.32 Å². The van der Waals surface area contributed by atoms with Gasteiger partial charge < -0.3 is 11.1 Å². The Kier molecular flexibility index (Phi) is 3.46. The summed E-state index contributed by atoms with van der Waals surface area (Å²) in [6.45, 7) is 1.71. The fourth-order valence-electron chi connectivity index (χ4n) is 1.63. The molecule has 0 aliphatic heterocycles. The van der Waals surface area contributed by atoms with Crippen LogP contribution in [0.4, 0.5) is 20.2 Å². The zero-order valence-corrected chi connectivity index (χ0v) is 10.2. The average molecular weight is 262 g/mol. The number of aryl methyl sites for hydroxylation is 1. The molecule has 2 aromatic rings. The first-order valence-electron chi connectivity index (χ1n) is 5.60. The summed E-state index contributed by atoms with van der Waals surface area (Å²) in [5.41, 5.74) is 6.28. The number of anilines is 2. The van der Waals surface area contributed by atoms with Gasteiger partial charge in [0.15, 0.2) is 0 Å². The van der Waals surface area contributed by atoms with E-state index < -0.39 is 17.5 Å². The number of carbonyl (C=O) groups excluding carboxylic acids is 1. The fraction of sp³-hybridized carbons (Fsp3) is 0.0714. The summed E-state index contributed by atoms with van der Waals surface area (Å²) in [6, 6.07) is 7.98. The third-order valence-electron chi connectivity index (χ3n) is 2.61. The minimum absolute atomic E-state index is 0.0787. The quantitative estimate of drug-likeness (QED) is 0.817. The Morgan fingerprint density at radius 2 is 1.84 bits per heavy atom. The first kappa shape index (κ1) is 13.0. The van der Waals surface area contributed by atoms with E-state index in [-0.39, 0.29) is 11.3 Å². The summed E-state index contributed by atoms with van der Waals surface area (Å²) in [7, 11) is 0. The number of hydrogen-bond donors (Lipinski definition) is 2. The largest absolute Gasteiger partial charge is 0.399 e. The summed E-state index contributed by atoms with van der Waals surface area (Å²) in [5, 5.41) is 2.29. The molecular weight excluding hydrogens is 250 g/mol. The van der Waals surface area contributed by atoms with Crippen LogP contribution in [0.1, 0.15) is 15.9 Å². The molecule has 98 valence electrons. The van der Waals surface area contributed by atoms with Crippen molar-refractivity contribution in [1.29, 1.82) is 0 Å². The average Bonchev–Trinajstić information content (AvgIpc) is 2.33. The Morgan fingerprint density at radius 1 is 1.11 bits per heavy atom. The van der Waals surface area contributed by atoms with E-state index in [1.807, 2.05) is 0 Å². The second-order valence-corrected chi connectivity index (χ2v) is 4.18. The van der Waals surface area contributed by atoms with Crippen molar-refractivity contribution in [2.45, 2.75) is 6.92 Å². The van der Waals surface area contributed by atoms with Crippen molar-refractivity contribution in [2.75, 3.05) is 11.1 Å². The molecular formula is C14H12F2N2O. The Hall–Kier alpha value is -2.43. The number of carbonyl (C=O) groups is 1. The van der Waals surface area contributed by atoms with Crippen molar-refractivity contribution >= 4 is 17.3 Å². The van der Waals surface area contributed by atoms with Gasteiger partial charge in [-0.25, -0.2) is 8.78 Å². The second-order valence-electron chi connectivity index (χ2n) is 4.18. The summed E-state index contributed by atoms with van der Waals surface area (Å²) in [5.74, 6) is -2.00. The van der Waals surface area contributed by atoms with Gasteiger partial charge >= 0.3 is 0 Å². The van der Waals surface area contributed by atoms with Crippen LogP contribution >= 0.6 is 0 Å². The van der Waals surface area contributed by atoms with Crippen LogP contribution in [-0.4, -0.2) is 5.91 Å². The van der Waals surface area contributed by atoms with E-state index in [1.165, 1.54) is 24.3 Å². The highest BCUT2D eigenvalue weighted by Gasteiger charge is 2.13. The topological polar surface area (TPSA) is 55.1 Å². The van der Waals surface area contributed by atoms with Gasteiger partial charge in [0.2, 0.25) is 0 Å². The number of nitrogens with two attached hydrogens (primary N) is 1. The van der Waals surface area contributed by atoms with Gasteiger partial charge in [0.05, 0.1) is 11.3 Å². The molecule has 5 heteroatoms. The number of rotatable bonds is 2. The molecule has 0 heterocycles. The molecule has 0 saturated heterocycles. The molecule has 0 unspecified atom stereocenters. The lowest BCUT2D eigenvalue weighted by atomic mass is 10.1. The number of nitrogen functional groups attached to an aromatic ring is 1. The molecule has 0 atom stereocenters. The van der Waals surface area contributed by atoms with Crippen LogP contribution in [-0.2, 0) is 0 Å². The van der Waals surface area contributed by atoms with Gasteiger partial charge in [0.1, 0.15) is 11.6 Å². The molecule has 0 saturated carbocycles. The van der Waals surface area contributed by atoms with E-state index in [9.17, 15) is 13.6 Å². The second kappa shape index (κ2) is 5.06. The SMILES string of the molecule is Cc1ccc(C(=O)Nc2cc(N)ccc2F)c(F)c1. The molecule has 19 heavy (non-hydrogen) atoms. The van der Waals surface area contributed by atoms with Gasteiger partial charge in [-0.1, -0.05) is 6.07 Å². The molecule has 0 fully saturated rings. The number of amides is 1. The third-order valence-corrected chi connectivity index (χ3v) is 2.61. The van der Waals surface area contributed by atoms with E-state index in [0.29, 0.717) is 11.3 Å². The number of nitrogens with one attached hydrogen (secondary N) is 1. The molecule has 1 amide bonds. The van der Waals surface area contributed by atoms with Gasteiger partial charge in [-0.15, -0.1) is 0 Å². The van der Waals surface area contributed by atoms with Crippen LogP contribution in [0.15, 0.2) is 36.4 Å². The van der Waals surface area contributed by atoms with Crippen LogP contribution in [0.5, 0.6) is 0 Å². The van der Waals surface area contributed by atoms with Crippen molar-refractivity contribution in [3.8, 4) is 0 Å². The van der Waals surface area contributed by atoms with Gasteiger partial charge in [0.25, 0.3) is 5.91 Å². The van der Waals surface area contributed by atoms with Gasteiger partial charge in [0, 0.05) is 5.69 Å². The lowest BCUT2D eigenvalue weighted by Gasteiger charge is -2.08. The fourth-order valence-corrected chi connectivity index (χ4v) is 1.63. The van der Waals surface area contributed by atoms with Crippen LogP contribution in [0.2, 0.25) is 0 Å². The minimum atomic E-state index is -0.720. The molecule has 0 aromatic heterocycles. The van der Waals surface area contributed by atoms with E-state index in [1.54, 1.807) is 13.0 Å². The van der Waals surface area contributed by atoms with Crippen molar-refractivity contribution in [1.82, 2.24) is 0 Å². The minimum Gasteiger partial charge on any atom is -0.399 e. The van der Waals surface area contributed by atoms with E-state index in [0.717, 1.165) is 6.07 Å². The maximum absolute atomic E-state index is 13.6. The van der Waals surface area contributed by atoms with Crippen LogP contribution in [0.25, 0.3) is 0 Å². The van der Waals surface area contributed by atoms with Crippen molar-refractivity contribution < 1.29 is 13.6 Å². The molecule has 0 aliphatic rings. The first-order valence-corrected chi connectivity index (χ1v) is 5.60. The summed E-state index contributed by atoms with van der Waals surface area (Å²) in [4.78, 5) is 11.9. The van der Waals surface area contributed by atoms with E-state index in [4.69, 9.17) is 5.73 Å². The maximum Gasteiger partial charge on any atom is 0.258 e. The molecule has 0 bridgehead atoms. The predicted molar refractivity (Wildman–Crippen MR) is 69.9 cm³/mol. The Bertz CT molecular complexity index is 641.